The Balaban J connectivity index is 2.21. The fourth-order valence-electron chi connectivity index (χ4n) is 1.62. The van der Waals surface area contributed by atoms with Crippen LogP contribution in [0.5, 0.6) is 0 Å². The average molecular weight is 339 g/mol. The van der Waals surface area contributed by atoms with Gasteiger partial charge in [-0.05, 0) is 32.9 Å². The van der Waals surface area contributed by atoms with Gasteiger partial charge in [-0.25, -0.2) is 0 Å². The topological polar surface area (TPSA) is 72.2 Å². The molecule has 6 heteroatoms. The van der Waals surface area contributed by atoms with Crippen molar-refractivity contribution in [2.24, 2.45) is 5.73 Å². The van der Waals surface area contributed by atoms with Crippen molar-refractivity contribution in [1.82, 2.24) is 5.32 Å². The molecule has 1 aromatic heterocycles. The maximum absolute atomic E-state index is 12.1. The van der Waals surface area contributed by atoms with E-state index in [-0.39, 0.29) is 5.91 Å². The summed E-state index contributed by atoms with van der Waals surface area (Å²) >= 11 is 4.58. The number of primary amides is 1. The Hall–Kier alpha value is -1.66. The highest BCUT2D eigenvalue weighted by atomic mass is 79.9. The second kappa shape index (κ2) is 5.99. The molecule has 1 aromatic carbocycles. The van der Waals surface area contributed by atoms with Gasteiger partial charge in [-0.2, -0.15) is 0 Å². The van der Waals surface area contributed by atoms with Crippen molar-refractivity contribution in [3.05, 3.63) is 56.7 Å². The van der Waals surface area contributed by atoms with Crippen LogP contribution in [0.15, 0.2) is 46.3 Å². The van der Waals surface area contributed by atoms with E-state index in [9.17, 15) is 9.59 Å². The van der Waals surface area contributed by atoms with Gasteiger partial charge in [-0.1, -0.05) is 30.3 Å². The van der Waals surface area contributed by atoms with Crippen LogP contribution in [0, 0.1) is 0 Å². The van der Waals surface area contributed by atoms with Gasteiger partial charge in [-0.15, -0.1) is 11.3 Å². The minimum Gasteiger partial charge on any atom is -0.368 e. The second-order valence-electron chi connectivity index (χ2n) is 3.82. The molecule has 2 rings (SSSR count). The summed E-state index contributed by atoms with van der Waals surface area (Å²) in [5.74, 6) is -0.915. The van der Waals surface area contributed by atoms with Crippen LogP contribution in [0.4, 0.5) is 0 Å². The zero-order valence-corrected chi connectivity index (χ0v) is 12.2. The number of nitrogens with one attached hydrogen (secondary N) is 1. The quantitative estimate of drug-likeness (QED) is 0.898. The fraction of sp³-hybridized carbons (Fsp3) is 0.0769. The van der Waals surface area contributed by atoms with Crippen LogP contribution < -0.4 is 11.1 Å². The number of nitrogens with two attached hydrogens (primary N) is 1. The van der Waals surface area contributed by atoms with E-state index in [1.165, 1.54) is 11.3 Å². The monoisotopic (exact) mass is 338 g/mol. The van der Waals surface area contributed by atoms with Crippen LogP contribution in [-0.2, 0) is 4.79 Å². The van der Waals surface area contributed by atoms with Crippen LogP contribution in [0.2, 0.25) is 0 Å². The van der Waals surface area contributed by atoms with E-state index >= 15 is 0 Å². The Labute approximate surface area is 122 Å². The number of halogens is 1. The standard InChI is InChI=1S/C13H11BrN2O2S/c14-9-6-7-19-11(9)13(18)16-10(12(15)17)8-4-2-1-3-5-8/h1-7,10H,(H2,15,17)(H,16,18)/t10-/m1/s1. The molecule has 2 amide bonds. The molecule has 2 aromatic rings. The van der Waals surface area contributed by atoms with Crippen molar-refractivity contribution < 1.29 is 9.59 Å². The van der Waals surface area contributed by atoms with E-state index in [0.717, 1.165) is 0 Å². The molecular weight excluding hydrogens is 328 g/mol. The maximum atomic E-state index is 12.1. The molecule has 0 saturated carbocycles. The fourth-order valence-corrected chi connectivity index (χ4v) is 3.07. The third-order valence-corrected chi connectivity index (χ3v) is 4.35. The molecule has 0 spiro atoms. The maximum Gasteiger partial charge on any atom is 0.263 e. The molecule has 19 heavy (non-hydrogen) atoms. The van der Waals surface area contributed by atoms with E-state index in [0.29, 0.717) is 14.9 Å². The average Bonchev–Trinajstić information content (AvgIpc) is 2.82. The van der Waals surface area contributed by atoms with Gasteiger partial charge in [-0.3, -0.25) is 9.59 Å². The number of hydrogen-bond acceptors (Lipinski definition) is 3. The first kappa shape index (κ1) is 13.8. The number of amides is 2. The first-order chi connectivity index (χ1) is 9.09. The predicted octanol–water partition coefficient (Wildman–Crippen LogP) is 2.47. The van der Waals surface area contributed by atoms with Crippen LogP contribution in [0.25, 0.3) is 0 Å². The summed E-state index contributed by atoms with van der Waals surface area (Å²) in [5.41, 5.74) is 6.01. The minimum absolute atomic E-state index is 0.325. The number of carbonyl (C=O) groups excluding carboxylic acids is 2. The normalized spacial score (nSPS) is 11.8. The van der Waals surface area contributed by atoms with Crippen molar-refractivity contribution in [1.29, 1.82) is 0 Å². The van der Waals surface area contributed by atoms with Gasteiger partial charge < -0.3 is 11.1 Å². The molecular formula is C13H11BrN2O2S. The molecule has 3 N–H and O–H groups in total. The van der Waals surface area contributed by atoms with E-state index in [1.807, 2.05) is 6.07 Å². The van der Waals surface area contributed by atoms with Crippen LogP contribution >= 0.6 is 27.3 Å². The van der Waals surface area contributed by atoms with E-state index in [2.05, 4.69) is 21.2 Å². The number of hydrogen-bond donors (Lipinski definition) is 2. The van der Waals surface area contributed by atoms with E-state index < -0.39 is 11.9 Å². The van der Waals surface area contributed by atoms with Gasteiger partial charge >= 0.3 is 0 Å². The molecule has 0 aliphatic heterocycles. The molecule has 0 aliphatic carbocycles. The first-order valence-electron chi connectivity index (χ1n) is 5.47. The molecule has 1 heterocycles. The SMILES string of the molecule is NC(=O)[C@H](NC(=O)c1sccc1Br)c1ccccc1. The summed E-state index contributed by atoms with van der Waals surface area (Å²) in [4.78, 5) is 24.1. The molecule has 4 nitrogen and oxygen atoms in total. The lowest BCUT2D eigenvalue weighted by Gasteiger charge is -2.15. The summed E-state index contributed by atoms with van der Waals surface area (Å²) < 4.78 is 0.700. The minimum atomic E-state index is -0.831. The van der Waals surface area contributed by atoms with Crippen molar-refractivity contribution >= 4 is 39.1 Å². The summed E-state index contributed by atoms with van der Waals surface area (Å²) in [6, 6.07) is 9.86. The number of thiophene rings is 1. The number of carbonyl (C=O) groups is 2. The van der Waals surface area contributed by atoms with Gasteiger partial charge in [0.15, 0.2) is 0 Å². The highest BCUT2D eigenvalue weighted by molar-refractivity contribution is 9.10. The first-order valence-corrected chi connectivity index (χ1v) is 7.15. The van der Waals surface area contributed by atoms with Gasteiger partial charge in [0.2, 0.25) is 5.91 Å². The Morgan fingerprint density at radius 1 is 1.21 bits per heavy atom. The zero-order chi connectivity index (χ0) is 13.8. The number of rotatable bonds is 4. The van der Waals surface area contributed by atoms with Gasteiger partial charge in [0, 0.05) is 4.47 Å². The third kappa shape index (κ3) is 3.21. The van der Waals surface area contributed by atoms with Crippen molar-refractivity contribution in [2.75, 3.05) is 0 Å². The molecule has 0 bridgehead atoms. The smallest absolute Gasteiger partial charge is 0.263 e. The summed E-state index contributed by atoms with van der Waals surface area (Å²) in [7, 11) is 0. The molecule has 98 valence electrons. The molecule has 0 unspecified atom stereocenters. The van der Waals surface area contributed by atoms with E-state index in [4.69, 9.17) is 5.73 Å². The van der Waals surface area contributed by atoms with Crippen molar-refractivity contribution in [3.8, 4) is 0 Å². The molecule has 1 atom stereocenters. The van der Waals surface area contributed by atoms with Crippen molar-refractivity contribution in [3.63, 3.8) is 0 Å². The van der Waals surface area contributed by atoms with Crippen LogP contribution in [-0.4, -0.2) is 11.8 Å². The zero-order valence-electron chi connectivity index (χ0n) is 9.80. The lowest BCUT2D eigenvalue weighted by Crippen LogP contribution is -2.37. The lowest BCUT2D eigenvalue weighted by molar-refractivity contribution is -0.120. The van der Waals surface area contributed by atoms with Crippen LogP contribution in [0.1, 0.15) is 21.3 Å². The highest BCUT2D eigenvalue weighted by Crippen LogP contribution is 2.23. The summed E-state index contributed by atoms with van der Waals surface area (Å²) in [6.07, 6.45) is 0. The number of benzene rings is 1. The highest BCUT2D eigenvalue weighted by Gasteiger charge is 2.22. The Morgan fingerprint density at radius 2 is 1.89 bits per heavy atom. The largest absolute Gasteiger partial charge is 0.368 e. The second-order valence-corrected chi connectivity index (χ2v) is 5.59. The van der Waals surface area contributed by atoms with Crippen molar-refractivity contribution in [2.45, 2.75) is 6.04 Å². The molecule has 0 radical (unpaired) electrons. The lowest BCUT2D eigenvalue weighted by atomic mass is 10.1. The Morgan fingerprint density at radius 3 is 2.42 bits per heavy atom. The molecule has 0 saturated heterocycles. The summed E-state index contributed by atoms with van der Waals surface area (Å²) in [5, 5.41) is 4.44. The summed E-state index contributed by atoms with van der Waals surface area (Å²) in [6.45, 7) is 0. The third-order valence-electron chi connectivity index (χ3n) is 2.52. The van der Waals surface area contributed by atoms with Gasteiger partial charge in [0.25, 0.3) is 5.91 Å². The molecule has 0 fully saturated rings. The Kier molecular flexibility index (Phi) is 4.34. The van der Waals surface area contributed by atoms with Gasteiger partial charge in [0.05, 0.1) is 0 Å². The van der Waals surface area contributed by atoms with Crippen LogP contribution in [0.3, 0.4) is 0 Å². The van der Waals surface area contributed by atoms with E-state index in [1.54, 1.807) is 35.7 Å². The Bertz CT molecular complexity index is 598. The van der Waals surface area contributed by atoms with Gasteiger partial charge in [0.1, 0.15) is 10.9 Å². The predicted molar refractivity (Wildman–Crippen MR) is 77.9 cm³/mol. The molecule has 0 aliphatic rings.